The van der Waals surface area contributed by atoms with E-state index in [1.807, 2.05) is 6.07 Å². The summed E-state index contributed by atoms with van der Waals surface area (Å²) in [5, 5.41) is 0. The Morgan fingerprint density at radius 1 is 1.08 bits per heavy atom. The summed E-state index contributed by atoms with van der Waals surface area (Å²) in [5.41, 5.74) is 2.38. The molecule has 24 heavy (non-hydrogen) atoms. The molecule has 1 aliphatic heterocycles. The molecule has 2 aromatic heterocycles. The number of aromatic amines is 1. The van der Waals surface area contributed by atoms with Crippen molar-refractivity contribution in [2.75, 3.05) is 43.1 Å². The van der Waals surface area contributed by atoms with Crippen molar-refractivity contribution in [3.63, 3.8) is 0 Å². The molecular weight excluding hydrogens is 311 g/mol. The highest BCUT2D eigenvalue weighted by atomic mass is 19.1. The van der Waals surface area contributed by atoms with E-state index < -0.39 is 0 Å². The summed E-state index contributed by atoms with van der Waals surface area (Å²) in [5.74, 6) is 0.783. The molecule has 0 amide bonds. The zero-order chi connectivity index (χ0) is 16.5. The van der Waals surface area contributed by atoms with Gasteiger partial charge in [-0.15, -0.1) is 0 Å². The van der Waals surface area contributed by atoms with E-state index in [2.05, 4.69) is 29.7 Å². The molecule has 4 rings (SSSR count). The van der Waals surface area contributed by atoms with Gasteiger partial charge in [-0.2, -0.15) is 0 Å². The number of piperazine rings is 1. The molecule has 1 N–H and O–H groups in total. The second-order valence-electron chi connectivity index (χ2n) is 5.59. The first-order chi connectivity index (χ1) is 11.8. The lowest BCUT2D eigenvalue weighted by Gasteiger charge is -2.36. The van der Waals surface area contributed by atoms with Crippen molar-refractivity contribution in [3.05, 3.63) is 36.7 Å². The average Bonchev–Trinajstić information content (AvgIpc) is 3.10. The second-order valence-corrected chi connectivity index (χ2v) is 5.59. The monoisotopic (exact) mass is 328 g/mol. The number of ether oxygens (including phenoxy) is 1. The number of imidazole rings is 1. The van der Waals surface area contributed by atoms with E-state index in [0.29, 0.717) is 5.65 Å². The number of methoxy groups -OCH3 is 1. The Kier molecular flexibility index (Phi) is 3.64. The lowest BCUT2D eigenvalue weighted by atomic mass is 10.2. The minimum atomic E-state index is -0.340. The lowest BCUT2D eigenvalue weighted by Crippen LogP contribution is -2.47. The van der Waals surface area contributed by atoms with E-state index >= 15 is 0 Å². The molecule has 0 atom stereocenters. The maximum Gasteiger partial charge on any atom is 0.182 e. The summed E-state index contributed by atoms with van der Waals surface area (Å²) in [7, 11) is 1.47. The van der Waals surface area contributed by atoms with E-state index in [4.69, 9.17) is 4.74 Å². The Hall–Kier alpha value is -2.90. The van der Waals surface area contributed by atoms with Gasteiger partial charge >= 0.3 is 0 Å². The number of hydrogen-bond acceptors (Lipinski definition) is 6. The lowest BCUT2D eigenvalue weighted by molar-refractivity contribution is 0.386. The summed E-state index contributed by atoms with van der Waals surface area (Å²) in [6.45, 7) is 3.15. The molecule has 3 aromatic rings. The maximum absolute atomic E-state index is 13.9. The van der Waals surface area contributed by atoms with Crippen LogP contribution in [0.1, 0.15) is 0 Å². The first kappa shape index (κ1) is 14.7. The first-order valence-corrected chi connectivity index (χ1v) is 7.74. The zero-order valence-electron chi connectivity index (χ0n) is 13.2. The predicted octanol–water partition coefficient (Wildman–Crippen LogP) is 1.83. The van der Waals surface area contributed by atoms with Crippen molar-refractivity contribution >= 4 is 22.7 Å². The molecule has 8 heteroatoms. The number of H-pyrrole nitrogens is 1. The summed E-state index contributed by atoms with van der Waals surface area (Å²) >= 11 is 0. The molecule has 0 radical (unpaired) electrons. The largest absolute Gasteiger partial charge is 0.494 e. The van der Waals surface area contributed by atoms with E-state index in [0.717, 1.165) is 43.2 Å². The van der Waals surface area contributed by atoms with Crippen molar-refractivity contribution < 1.29 is 9.13 Å². The number of anilines is 2. The van der Waals surface area contributed by atoms with Gasteiger partial charge in [-0.25, -0.2) is 19.3 Å². The fraction of sp³-hybridized carbons (Fsp3) is 0.312. The smallest absolute Gasteiger partial charge is 0.182 e. The van der Waals surface area contributed by atoms with Crippen LogP contribution >= 0.6 is 0 Å². The summed E-state index contributed by atoms with van der Waals surface area (Å²) in [6.07, 6.45) is 3.16. The van der Waals surface area contributed by atoms with Crippen LogP contribution in [0.2, 0.25) is 0 Å². The molecule has 3 heterocycles. The highest BCUT2D eigenvalue weighted by Gasteiger charge is 2.21. The van der Waals surface area contributed by atoms with Crippen LogP contribution in [0.3, 0.4) is 0 Å². The van der Waals surface area contributed by atoms with Gasteiger partial charge in [-0.05, 0) is 12.1 Å². The molecule has 1 aromatic carbocycles. The Labute approximate surface area is 138 Å². The Balaban J connectivity index is 1.51. The van der Waals surface area contributed by atoms with E-state index in [1.165, 1.54) is 19.5 Å². The van der Waals surface area contributed by atoms with Gasteiger partial charge in [0, 0.05) is 37.9 Å². The molecule has 1 aliphatic rings. The normalized spacial score (nSPS) is 15.1. The van der Waals surface area contributed by atoms with Crippen molar-refractivity contribution in [1.82, 2.24) is 19.9 Å². The first-order valence-electron chi connectivity index (χ1n) is 7.74. The molecule has 0 spiro atoms. The van der Waals surface area contributed by atoms with Crippen LogP contribution in [-0.2, 0) is 0 Å². The highest BCUT2D eigenvalue weighted by molar-refractivity contribution is 5.82. The van der Waals surface area contributed by atoms with Gasteiger partial charge in [0.15, 0.2) is 23.0 Å². The van der Waals surface area contributed by atoms with Crippen LogP contribution in [0, 0.1) is 5.82 Å². The van der Waals surface area contributed by atoms with E-state index in [9.17, 15) is 4.39 Å². The number of rotatable bonds is 3. The molecule has 0 bridgehead atoms. The topological polar surface area (TPSA) is 70.2 Å². The van der Waals surface area contributed by atoms with Gasteiger partial charge in [0.2, 0.25) is 0 Å². The van der Waals surface area contributed by atoms with Crippen LogP contribution in [-0.4, -0.2) is 53.2 Å². The maximum atomic E-state index is 13.9. The fourth-order valence-corrected chi connectivity index (χ4v) is 3.02. The average molecular weight is 328 g/mol. The molecule has 0 saturated carbocycles. The number of hydrogen-bond donors (Lipinski definition) is 1. The standard InChI is InChI=1S/C16H17FN6O/c1-24-13-3-2-11(8-12(13)17)22-4-6-23(7-5-22)16-14-15(19-9-18-14)20-10-21-16/h2-3,8-10H,4-7H2,1H3,(H,18,19,20,21). The predicted molar refractivity (Wildman–Crippen MR) is 89.1 cm³/mol. The molecule has 1 fully saturated rings. The molecule has 0 unspecified atom stereocenters. The zero-order valence-corrected chi connectivity index (χ0v) is 13.2. The van der Waals surface area contributed by atoms with Crippen molar-refractivity contribution in [2.24, 2.45) is 0 Å². The Morgan fingerprint density at radius 2 is 1.88 bits per heavy atom. The fourth-order valence-electron chi connectivity index (χ4n) is 3.02. The number of halogens is 1. The molecule has 0 aliphatic carbocycles. The SMILES string of the molecule is COc1ccc(N2CCN(c3ncnc4nc[nH]c34)CC2)cc1F. The van der Waals surface area contributed by atoms with Crippen molar-refractivity contribution in [1.29, 1.82) is 0 Å². The van der Waals surface area contributed by atoms with E-state index in [-0.39, 0.29) is 11.6 Å². The summed E-state index contributed by atoms with van der Waals surface area (Å²) in [4.78, 5) is 20.1. The number of nitrogens with one attached hydrogen (secondary N) is 1. The molecule has 1 saturated heterocycles. The highest BCUT2D eigenvalue weighted by Crippen LogP contribution is 2.26. The Bertz CT molecular complexity index is 859. The third-order valence-corrected chi connectivity index (χ3v) is 4.28. The van der Waals surface area contributed by atoms with Gasteiger partial charge in [-0.1, -0.05) is 0 Å². The van der Waals surface area contributed by atoms with Gasteiger partial charge < -0.3 is 19.5 Å². The quantitative estimate of drug-likeness (QED) is 0.791. The number of benzene rings is 1. The molecule has 7 nitrogen and oxygen atoms in total. The number of fused-ring (bicyclic) bond motifs is 1. The minimum absolute atomic E-state index is 0.264. The van der Waals surface area contributed by atoms with Gasteiger partial charge in [0.25, 0.3) is 0 Å². The van der Waals surface area contributed by atoms with Gasteiger partial charge in [-0.3, -0.25) is 0 Å². The van der Waals surface area contributed by atoms with Gasteiger partial charge in [0.05, 0.1) is 13.4 Å². The van der Waals surface area contributed by atoms with Crippen LogP contribution in [0.4, 0.5) is 15.9 Å². The third kappa shape index (κ3) is 2.49. The third-order valence-electron chi connectivity index (χ3n) is 4.28. The number of aromatic nitrogens is 4. The van der Waals surface area contributed by atoms with Crippen molar-refractivity contribution in [3.8, 4) is 5.75 Å². The number of nitrogens with zero attached hydrogens (tertiary/aromatic N) is 5. The minimum Gasteiger partial charge on any atom is -0.494 e. The second kappa shape index (κ2) is 5.95. The summed E-state index contributed by atoms with van der Waals surface area (Å²) < 4.78 is 18.9. The van der Waals surface area contributed by atoms with Crippen LogP contribution in [0.5, 0.6) is 5.75 Å². The van der Waals surface area contributed by atoms with Crippen molar-refractivity contribution in [2.45, 2.75) is 0 Å². The Morgan fingerprint density at radius 3 is 2.62 bits per heavy atom. The van der Waals surface area contributed by atoms with Crippen LogP contribution in [0.25, 0.3) is 11.2 Å². The molecular formula is C16H17FN6O. The van der Waals surface area contributed by atoms with Gasteiger partial charge in [0.1, 0.15) is 11.8 Å². The molecule has 124 valence electrons. The van der Waals surface area contributed by atoms with Crippen LogP contribution in [0.15, 0.2) is 30.9 Å². The summed E-state index contributed by atoms with van der Waals surface area (Å²) in [6, 6.07) is 5.07. The van der Waals surface area contributed by atoms with Crippen LogP contribution < -0.4 is 14.5 Å². The van der Waals surface area contributed by atoms with E-state index in [1.54, 1.807) is 12.4 Å².